The van der Waals surface area contributed by atoms with Gasteiger partial charge >= 0.3 is 0 Å². The normalized spacial score (nSPS) is 10.8. The number of amidine groups is 2. The van der Waals surface area contributed by atoms with Gasteiger partial charge in [-0.25, -0.2) is 0 Å². The van der Waals surface area contributed by atoms with E-state index in [-0.39, 0.29) is 11.7 Å². The molecule has 7 nitrogen and oxygen atoms in total. The molecule has 0 aliphatic rings. The van der Waals surface area contributed by atoms with Gasteiger partial charge < -0.3 is 25.4 Å². The summed E-state index contributed by atoms with van der Waals surface area (Å²) in [7, 11) is 0. The molecule has 0 aliphatic carbocycles. The van der Waals surface area contributed by atoms with Crippen LogP contribution in [0.3, 0.4) is 0 Å². The van der Waals surface area contributed by atoms with Gasteiger partial charge in [-0.2, -0.15) is 0 Å². The van der Waals surface area contributed by atoms with Gasteiger partial charge in [-0.3, -0.25) is 10.8 Å². The maximum atomic E-state index is 7.56. The smallest absolute Gasteiger partial charge is 0.135 e. The van der Waals surface area contributed by atoms with Crippen molar-refractivity contribution in [1.82, 2.24) is 0 Å². The molecule has 0 fully saturated rings. The van der Waals surface area contributed by atoms with Crippen LogP contribution in [0.5, 0.6) is 11.5 Å². The van der Waals surface area contributed by atoms with Crippen LogP contribution < -0.4 is 20.9 Å². The molecular weight excluding hydrogens is 404 g/mol. The third-order valence-corrected chi connectivity index (χ3v) is 4.94. The fourth-order valence-electron chi connectivity index (χ4n) is 3.25. The number of nitrogens with one attached hydrogen (secondary N) is 2. The minimum atomic E-state index is 0.0151. The summed E-state index contributed by atoms with van der Waals surface area (Å²) in [5.74, 6) is 2.23. The Morgan fingerprint density at radius 1 is 0.750 bits per heavy atom. The third-order valence-electron chi connectivity index (χ3n) is 4.94. The Labute approximate surface area is 185 Å². The lowest BCUT2D eigenvalue weighted by Crippen LogP contribution is -2.11. The Kier molecular flexibility index (Phi) is 6.07. The lowest BCUT2D eigenvalue weighted by atomic mass is 10.1. The topological polar surface area (TPSA) is 131 Å². The number of nitrogens with two attached hydrogens (primary N) is 2. The van der Waals surface area contributed by atoms with Crippen molar-refractivity contribution < 1.29 is 13.9 Å². The highest BCUT2D eigenvalue weighted by Crippen LogP contribution is 2.29. The molecule has 4 rings (SSSR count). The number of ether oxygens (including phenoxy) is 2. The van der Waals surface area contributed by atoms with Gasteiger partial charge in [0.05, 0.1) is 13.2 Å². The summed E-state index contributed by atoms with van der Waals surface area (Å²) in [5.41, 5.74) is 14.0. The molecule has 0 unspecified atom stereocenters. The molecule has 0 saturated carbocycles. The molecule has 32 heavy (non-hydrogen) atoms. The number of rotatable bonds is 9. The zero-order valence-corrected chi connectivity index (χ0v) is 17.4. The number of benzene rings is 3. The highest BCUT2D eigenvalue weighted by atomic mass is 16.5. The van der Waals surface area contributed by atoms with E-state index < -0.39 is 0 Å². The van der Waals surface area contributed by atoms with E-state index in [2.05, 4.69) is 0 Å². The van der Waals surface area contributed by atoms with E-state index in [1.54, 1.807) is 18.2 Å². The summed E-state index contributed by atoms with van der Waals surface area (Å²) < 4.78 is 17.4. The van der Waals surface area contributed by atoms with Crippen LogP contribution in [-0.2, 0) is 0 Å². The van der Waals surface area contributed by atoms with E-state index in [0.29, 0.717) is 42.1 Å². The van der Waals surface area contributed by atoms with Crippen molar-refractivity contribution in [3.05, 3.63) is 83.9 Å². The summed E-state index contributed by atoms with van der Waals surface area (Å²) in [6.45, 7) is 1.02. The molecule has 0 spiro atoms. The van der Waals surface area contributed by atoms with Crippen LogP contribution in [0.25, 0.3) is 22.3 Å². The first-order valence-corrected chi connectivity index (χ1v) is 10.2. The monoisotopic (exact) mass is 428 g/mol. The maximum absolute atomic E-state index is 7.56. The molecule has 0 saturated heterocycles. The summed E-state index contributed by atoms with van der Waals surface area (Å²) in [6.07, 6.45) is 0.716. The van der Waals surface area contributed by atoms with Crippen LogP contribution in [0, 0.1) is 10.8 Å². The number of hydrogen-bond donors (Lipinski definition) is 4. The molecule has 162 valence electrons. The van der Waals surface area contributed by atoms with E-state index in [9.17, 15) is 0 Å². The van der Waals surface area contributed by atoms with E-state index in [1.165, 1.54) is 0 Å². The summed E-state index contributed by atoms with van der Waals surface area (Å²) >= 11 is 0. The Bertz CT molecular complexity index is 1260. The molecule has 0 aliphatic heterocycles. The zero-order valence-electron chi connectivity index (χ0n) is 17.4. The largest absolute Gasteiger partial charge is 0.493 e. The molecular formula is C25H24N4O3. The second kappa shape index (κ2) is 9.26. The maximum Gasteiger partial charge on any atom is 0.135 e. The van der Waals surface area contributed by atoms with Crippen LogP contribution in [0.1, 0.15) is 17.5 Å². The Hall–Kier alpha value is -4.26. The number of furan rings is 1. The average Bonchev–Trinajstić information content (AvgIpc) is 3.23. The zero-order chi connectivity index (χ0) is 22.5. The molecule has 7 heteroatoms. The average molecular weight is 428 g/mol. The van der Waals surface area contributed by atoms with Crippen molar-refractivity contribution in [1.29, 1.82) is 10.8 Å². The van der Waals surface area contributed by atoms with E-state index in [0.717, 1.165) is 22.5 Å². The Morgan fingerprint density at radius 3 is 2.16 bits per heavy atom. The molecule has 6 N–H and O–H groups in total. The summed E-state index contributed by atoms with van der Waals surface area (Å²) in [6, 6.07) is 22.3. The van der Waals surface area contributed by atoms with Crippen molar-refractivity contribution in [2.24, 2.45) is 11.5 Å². The third kappa shape index (κ3) is 4.89. The van der Waals surface area contributed by atoms with Crippen molar-refractivity contribution in [2.45, 2.75) is 6.42 Å². The van der Waals surface area contributed by atoms with Crippen molar-refractivity contribution in [2.75, 3.05) is 13.2 Å². The van der Waals surface area contributed by atoms with Gasteiger partial charge in [0.1, 0.15) is 34.5 Å². The quantitative estimate of drug-likeness (QED) is 0.177. The van der Waals surface area contributed by atoms with Gasteiger partial charge in [0.25, 0.3) is 0 Å². The van der Waals surface area contributed by atoms with E-state index >= 15 is 0 Å². The van der Waals surface area contributed by atoms with E-state index in [4.69, 9.17) is 36.2 Å². The van der Waals surface area contributed by atoms with Crippen molar-refractivity contribution in [3.63, 3.8) is 0 Å². The first-order chi connectivity index (χ1) is 15.5. The fourth-order valence-corrected chi connectivity index (χ4v) is 3.25. The predicted molar refractivity (Wildman–Crippen MR) is 126 cm³/mol. The Morgan fingerprint density at radius 2 is 1.44 bits per heavy atom. The van der Waals surface area contributed by atoms with Gasteiger partial charge in [-0.05, 0) is 48.5 Å². The minimum Gasteiger partial charge on any atom is -0.493 e. The van der Waals surface area contributed by atoms with Crippen LogP contribution in [0.15, 0.2) is 77.2 Å². The first kappa shape index (κ1) is 21.0. The predicted octanol–water partition coefficient (Wildman–Crippen LogP) is 4.52. The number of fused-ring (bicyclic) bond motifs is 1. The van der Waals surface area contributed by atoms with Crippen molar-refractivity contribution in [3.8, 4) is 22.8 Å². The van der Waals surface area contributed by atoms with Gasteiger partial charge in [-0.15, -0.1) is 0 Å². The van der Waals surface area contributed by atoms with Crippen LogP contribution >= 0.6 is 0 Å². The molecule has 0 radical (unpaired) electrons. The standard InChI is InChI=1S/C25H24N4O3/c26-24(27)18-3-1-4-21(13-18)31-12-2-11-30-20-9-7-16(8-10-20)22-14-17-5-6-19(25(28)29)15-23(17)32-22/h1,3-10,13-15H,2,11-12H2,(H3,26,27)(H3,28,29). The van der Waals surface area contributed by atoms with Crippen LogP contribution in [0.4, 0.5) is 0 Å². The molecule has 0 bridgehead atoms. The van der Waals surface area contributed by atoms with Gasteiger partial charge in [0, 0.05) is 28.5 Å². The lowest BCUT2D eigenvalue weighted by molar-refractivity contribution is 0.247. The number of hydrogen-bond acceptors (Lipinski definition) is 5. The molecule has 1 heterocycles. The first-order valence-electron chi connectivity index (χ1n) is 10.2. The van der Waals surface area contributed by atoms with Crippen molar-refractivity contribution >= 4 is 22.6 Å². The van der Waals surface area contributed by atoms with Crippen LogP contribution in [-0.4, -0.2) is 24.9 Å². The molecule has 0 amide bonds. The lowest BCUT2D eigenvalue weighted by Gasteiger charge is -2.09. The highest BCUT2D eigenvalue weighted by molar-refractivity contribution is 5.98. The molecule has 3 aromatic carbocycles. The van der Waals surface area contributed by atoms with Gasteiger partial charge in [-0.1, -0.05) is 24.3 Å². The second-order valence-electron chi connectivity index (χ2n) is 7.29. The SMILES string of the molecule is N=C(N)c1cccc(OCCCOc2ccc(-c3cc4ccc(C(=N)N)cc4o3)cc2)c1. The minimum absolute atomic E-state index is 0.0151. The highest BCUT2D eigenvalue weighted by Gasteiger charge is 2.08. The van der Waals surface area contributed by atoms with Gasteiger partial charge in [0.15, 0.2) is 0 Å². The second-order valence-corrected chi connectivity index (χ2v) is 7.29. The van der Waals surface area contributed by atoms with E-state index in [1.807, 2.05) is 54.6 Å². The summed E-state index contributed by atoms with van der Waals surface area (Å²) in [5, 5.41) is 16.0. The fraction of sp³-hybridized carbons (Fsp3) is 0.120. The molecule has 0 atom stereocenters. The number of nitrogen functional groups attached to an aromatic ring is 2. The molecule has 1 aromatic heterocycles. The summed E-state index contributed by atoms with van der Waals surface area (Å²) in [4.78, 5) is 0. The van der Waals surface area contributed by atoms with Gasteiger partial charge in [0.2, 0.25) is 0 Å². The van der Waals surface area contributed by atoms with Crippen LogP contribution in [0.2, 0.25) is 0 Å². The molecule has 4 aromatic rings. The Balaban J connectivity index is 1.29.